The number of aliphatic hydroxyl groups excluding tert-OH is 1. The second kappa shape index (κ2) is 9.09. The third kappa shape index (κ3) is 4.16. The molecule has 1 aromatic heterocycles. The highest BCUT2D eigenvalue weighted by atomic mass is 32.1. The number of morpholine rings is 1. The van der Waals surface area contributed by atoms with Gasteiger partial charge in [-0.25, -0.2) is 0 Å². The summed E-state index contributed by atoms with van der Waals surface area (Å²) in [5.74, 6) is -1.63. The van der Waals surface area contributed by atoms with E-state index in [9.17, 15) is 19.8 Å². The lowest BCUT2D eigenvalue weighted by atomic mass is 9.99. The number of hydrogen-bond donors (Lipinski definition) is 2. The van der Waals surface area contributed by atoms with Gasteiger partial charge in [0.25, 0.3) is 11.7 Å². The number of ketones is 1. The van der Waals surface area contributed by atoms with Gasteiger partial charge in [0.15, 0.2) is 0 Å². The minimum absolute atomic E-state index is 0.0186. The zero-order valence-electron chi connectivity index (χ0n) is 17.1. The molecule has 9 heteroatoms. The van der Waals surface area contributed by atoms with E-state index < -0.39 is 23.5 Å². The van der Waals surface area contributed by atoms with Gasteiger partial charge < -0.3 is 24.6 Å². The summed E-state index contributed by atoms with van der Waals surface area (Å²) in [6.45, 7) is 3.78. The summed E-state index contributed by atoms with van der Waals surface area (Å²) >= 11 is 1.41. The number of methoxy groups -OCH3 is 1. The minimum Gasteiger partial charge on any atom is -0.507 e. The Bertz CT molecular complexity index is 997. The average molecular weight is 445 g/mol. The average Bonchev–Trinajstić information content (AvgIpc) is 3.40. The molecule has 2 aliphatic heterocycles. The number of ether oxygens (including phenoxy) is 2. The van der Waals surface area contributed by atoms with Crippen molar-refractivity contribution in [2.45, 2.75) is 6.04 Å². The number of aromatic hydroxyl groups is 1. The van der Waals surface area contributed by atoms with Crippen LogP contribution in [0.2, 0.25) is 0 Å². The van der Waals surface area contributed by atoms with E-state index in [4.69, 9.17) is 9.47 Å². The Balaban J connectivity index is 1.71. The van der Waals surface area contributed by atoms with Crippen molar-refractivity contribution in [3.8, 4) is 11.5 Å². The molecule has 2 saturated heterocycles. The van der Waals surface area contributed by atoms with E-state index >= 15 is 0 Å². The summed E-state index contributed by atoms with van der Waals surface area (Å²) in [6.07, 6.45) is 0. The van der Waals surface area contributed by atoms with Crippen LogP contribution in [0.4, 0.5) is 0 Å². The van der Waals surface area contributed by atoms with E-state index in [0.29, 0.717) is 32.1 Å². The Morgan fingerprint density at radius 1 is 1.23 bits per heavy atom. The Hall–Kier alpha value is -2.88. The Labute approximate surface area is 183 Å². The highest BCUT2D eigenvalue weighted by Crippen LogP contribution is 2.42. The fraction of sp³-hybridized carbons (Fsp3) is 0.364. The molecule has 2 fully saturated rings. The number of carbonyl (C=O) groups is 2. The maximum absolute atomic E-state index is 13.0. The van der Waals surface area contributed by atoms with E-state index in [2.05, 4.69) is 4.90 Å². The number of Topliss-reactive ketones (excluding diaryl/α,β-unsaturated/α-hetero) is 1. The molecule has 1 atom stereocenters. The molecule has 2 N–H and O–H groups in total. The molecule has 0 radical (unpaired) electrons. The number of thiophene rings is 1. The summed E-state index contributed by atoms with van der Waals surface area (Å²) in [5.41, 5.74) is 0.0587. The summed E-state index contributed by atoms with van der Waals surface area (Å²) in [6, 6.07) is 7.36. The molecule has 0 bridgehead atoms. The van der Waals surface area contributed by atoms with Crippen LogP contribution in [0.25, 0.3) is 5.76 Å². The molecular formula is C22H24N2O6S. The summed E-state index contributed by atoms with van der Waals surface area (Å²) in [7, 11) is 1.46. The van der Waals surface area contributed by atoms with Crippen LogP contribution in [0.1, 0.15) is 16.5 Å². The van der Waals surface area contributed by atoms with Crippen LogP contribution >= 0.6 is 11.3 Å². The third-order valence-corrected chi connectivity index (χ3v) is 6.50. The second-order valence-electron chi connectivity index (χ2n) is 7.35. The number of phenols is 1. The topological polar surface area (TPSA) is 99.5 Å². The Morgan fingerprint density at radius 2 is 2.00 bits per heavy atom. The van der Waals surface area contributed by atoms with Crippen molar-refractivity contribution in [3.05, 3.63) is 51.7 Å². The minimum atomic E-state index is -0.756. The summed E-state index contributed by atoms with van der Waals surface area (Å²) in [4.78, 5) is 30.4. The van der Waals surface area contributed by atoms with Gasteiger partial charge in [-0.15, -0.1) is 11.3 Å². The lowest BCUT2D eigenvalue weighted by Gasteiger charge is -2.30. The third-order valence-electron chi connectivity index (χ3n) is 5.57. The second-order valence-corrected chi connectivity index (χ2v) is 8.32. The van der Waals surface area contributed by atoms with Crippen molar-refractivity contribution in [2.75, 3.05) is 46.5 Å². The van der Waals surface area contributed by atoms with Gasteiger partial charge in [-0.05, 0) is 23.6 Å². The quantitative estimate of drug-likeness (QED) is 0.400. The lowest BCUT2D eigenvalue weighted by Crippen LogP contribution is -2.42. The molecule has 0 saturated carbocycles. The van der Waals surface area contributed by atoms with Gasteiger partial charge in [0.2, 0.25) is 0 Å². The van der Waals surface area contributed by atoms with Gasteiger partial charge in [0.1, 0.15) is 17.3 Å². The number of rotatable bonds is 6. The Morgan fingerprint density at radius 3 is 2.65 bits per heavy atom. The van der Waals surface area contributed by atoms with Gasteiger partial charge >= 0.3 is 0 Å². The molecule has 4 rings (SSSR count). The normalized spacial score (nSPS) is 21.6. The zero-order chi connectivity index (χ0) is 22.0. The van der Waals surface area contributed by atoms with Crippen LogP contribution in [0.3, 0.4) is 0 Å². The van der Waals surface area contributed by atoms with Crippen LogP contribution < -0.4 is 4.74 Å². The molecule has 0 aliphatic carbocycles. The fourth-order valence-electron chi connectivity index (χ4n) is 3.91. The number of carbonyl (C=O) groups excluding carboxylic acids is 2. The molecule has 2 aliphatic rings. The van der Waals surface area contributed by atoms with Crippen LogP contribution in [0, 0.1) is 0 Å². The molecule has 3 heterocycles. The van der Waals surface area contributed by atoms with Gasteiger partial charge in [-0.1, -0.05) is 6.07 Å². The zero-order valence-corrected chi connectivity index (χ0v) is 17.9. The number of aliphatic hydroxyl groups is 1. The molecule has 1 aromatic carbocycles. The maximum atomic E-state index is 13.0. The van der Waals surface area contributed by atoms with Crippen molar-refractivity contribution in [2.24, 2.45) is 0 Å². The molecule has 0 spiro atoms. The molecule has 8 nitrogen and oxygen atoms in total. The number of likely N-dealkylation sites (tertiary alicyclic amines) is 1. The monoisotopic (exact) mass is 444 g/mol. The van der Waals surface area contributed by atoms with Gasteiger partial charge in [0.05, 0.1) is 37.5 Å². The van der Waals surface area contributed by atoms with Crippen LogP contribution in [0.15, 0.2) is 41.3 Å². The number of hydrogen-bond acceptors (Lipinski definition) is 8. The van der Waals surface area contributed by atoms with Crippen molar-refractivity contribution < 1.29 is 29.3 Å². The van der Waals surface area contributed by atoms with Crippen molar-refractivity contribution >= 4 is 28.8 Å². The highest BCUT2D eigenvalue weighted by molar-refractivity contribution is 7.10. The van der Waals surface area contributed by atoms with Crippen molar-refractivity contribution in [3.63, 3.8) is 0 Å². The summed E-state index contributed by atoms with van der Waals surface area (Å²) in [5, 5.41) is 23.2. The number of nitrogens with zero attached hydrogens (tertiary/aromatic N) is 2. The van der Waals surface area contributed by atoms with Crippen molar-refractivity contribution in [1.82, 2.24) is 9.80 Å². The number of benzene rings is 1. The Kier molecular flexibility index (Phi) is 6.26. The first kappa shape index (κ1) is 21.4. The lowest BCUT2D eigenvalue weighted by molar-refractivity contribution is -0.140. The van der Waals surface area contributed by atoms with Crippen molar-refractivity contribution in [1.29, 1.82) is 0 Å². The van der Waals surface area contributed by atoms with Gasteiger partial charge in [0, 0.05) is 37.1 Å². The molecule has 0 unspecified atom stereocenters. The van der Waals surface area contributed by atoms with E-state index in [1.165, 1.54) is 35.5 Å². The van der Waals surface area contributed by atoms with E-state index in [-0.39, 0.29) is 16.9 Å². The summed E-state index contributed by atoms with van der Waals surface area (Å²) < 4.78 is 10.4. The van der Waals surface area contributed by atoms with E-state index in [1.54, 1.807) is 6.07 Å². The first-order valence-electron chi connectivity index (χ1n) is 10.0. The smallest absolute Gasteiger partial charge is 0.295 e. The van der Waals surface area contributed by atoms with E-state index in [1.807, 2.05) is 17.5 Å². The first-order valence-corrected chi connectivity index (χ1v) is 10.9. The first-order chi connectivity index (χ1) is 15.0. The maximum Gasteiger partial charge on any atom is 0.295 e. The van der Waals surface area contributed by atoms with Gasteiger partial charge in [-0.2, -0.15) is 0 Å². The molecular weight excluding hydrogens is 420 g/mol. The number of phenolic OH excluding ortho intramolecular Hbond substituents is 1. The molecule has 31 heavy (non-hydrogen) atoms. The standard InChI is InChI=1S/C22H24N2O6S/c1-29-14-4-5-15(16(25)13-14)20(26)18-19(17-3-2-12-31-17)24(22(28)21(18)27)7-6-23-8-10-30-11-9-23/h2-5,12-13,19,25-26H,6-11H2,1H3/t19-/m0/s1. The fourth-order valence-corrected chi connectivity index (χ4v) is 4.76. The van der Waals surface area contributed by atoms with Gasteiger partial charge in [-0.3, -0.25) is 14.5 Å². The predicted molar refractivity (Wildman–Crippen MR) is 115 cm³/mol. The molecule has 164 valence electrons. The largest absolute Gasteiger partial charge is 0.507 e. The van der Waals surface area contributed by atoms with Crippen LogP contribution in [0.5, 0.6) is 11.5 Å². The van der Waals surface area contributed by atoms with Crippen LogP contribution in [-0.2, 0) is 14.3 Å². The molecule has 1 amide bonds. The predicted octanol–water partition coefficient (Wildman–Crippen LogP) is 2.22. The van der Waals surface area contributed by atoms with Crippen LogP contribution in [-0.4, -0.2) is 78.2 Å². The van der Waals surface area contributed by atoms with E-state index in [0.717, 1.165) is 18.0 Å². The number of amides is 1. The molecule has 2 aromatic rings. The highest BCUT2D eigenvalue weighted by Gasteiger charge is 2.46. The SMILES string of the molecule is COc1ccc(C(O)=C2C(=O)C(=O)N(CCN3CCOCC3)[C@H]2c2cccs2)c(O)c1.